The van der Waals surface area contributed by atoms with Crippen molar-refractivity contribution in [2.24, 2.45) is 0 Å². The van der Waals surface area contributed by atoms with Crippen molar-refractivity contribution in [2.75, 3.05) is 19.8 Å². The van der Waals surface area contributed by atoms with Gasteiger partial charge in [-0.25, -0.2) is 4.39 Å². The highest BCUT2D eigenvalue weighted by atomic mass is 19.1. The molecule has 0 saturated carbocycles. The van der Waals surface area contributed by atoms with Crippen LogP contribution in [0.5, 0.6) is 11.5 Å². The number of unbranched alkanes of at least 4 members (excludes halogenated alkanes) is 9. The van der Waals surface area contributed by atoms with Crippen molar-refractivity contribution in [1.82, 2.24) is 0 Å². The maximum absolute atomic E-state index is 14.6. The highest BCUT2D eigenvalue weighted by Crippen LogP contribution is 2.27. The number of hydrogen-bond acceptors (Lipinski definition) is 3. The first-order valence-electron chi connectivity index (χ1n) is 13.4. The maximum Gasteiger partial charge on any atom is 0.165 e. The van der Waals surface area contributed by atoms with E-state index in [1.807, 2.05) is 37.3 Å². The molecular formula is C30H45FO3. The van der Waals surface area contributed by atoms with Gasteiger partial charge in [0.05, 0.1) is 12.7 Å². The summed E-state index contributed by atoms with van der Waals surface area (Å²) in [6, 6.07) is 12.9. The summed E-state index contributed by atoms with van der Waals surface area (Å²) >= 11 is 0. The van der Waals surface area contributed by atoms with Gasteiger partial charge in [0.15, 0.2) is 11.6 Å². The van der Waals surface area contributed by atoms with Crippen LogP contribution < -0.4 is 9.47 Å². The van der Waals surface area contributed by atoms with Crippen LogP contribution in [0.1, 0.15) is 91.4 Å². The number of rotatable bonds is 19. The SMILES string of the molecule is CCCCCCCCCCOc1ccc(-c2ccc(OCC(C)OCCCCC)cc2)cc1F. The van der Waals surface area contributed by atoms with Crippen LogP contribution in [0.15, 0.2) is 42.5 Å². The van der Waals surface area contributed by atoms with Gasteiger partial charge in [-0.1, -0.05) is 89.8 Å². The molecule has 1 unspecified atom stereocenters. The molecule has 4 heteroatoms. The molecule has 0 fully saturated rings. The van der Waals surface area contributed by atoms with Crippen LogP contribution in [0, 0.1) is 5.82 Å². The molecular weight excluding hydrogens is 427 g/mol. The first-order chi connectivity index (χ1) is 16.6. The summed E-state index contributed by atoms with van der Waals surface area (Å²) in [5, 5.41) is 0. The van der Waals surface area contributed by atoms with Gasteiger partial charge in [-0.05, 0) is 55.2 Å². The van der Waals surface area contributed by atoms with Crippen molar-refractivity contribution in [3.05, 3.63) is 48.3 Å². The average Bonchev–Trinajstić information content (AvgIpc) is 2.85. The van der Waals surface area contributed by atoms with Gasteiger partial charge in [-0.2, -0.15) is 0 Å². The minimum atomic E-state index is -0.313. The Morgan fingerprint density at radius 3 is 1.94 bits per heavy atom. The third-order valence-corrected chi connectivity index (χ3v) is 6.01. The number of halogens is 1. The molecule has 0 aromatic heterocycles. The summed E-state index contributed by atoms with van der Waals surface area (Å²) in [4.78, 5) is 0. The molecule has 0 aliphatic carbocycles. The molecule has 3 nitrogen and oxygen atoms in total. The van der Waals surface area contributed by atoms with Crippen molar-refractivity contribution in [2.45, 2.75) is 97.5 Å². The molecule has 190 valence electrons. The zero-order valence-electron chi connectivity index (χ0n) is 21.6. The summed E-state index contributed by atoms with van der Waals surface area (Å²) < 4.78 is 31.8. The molecule has 0 aliphatic rings. The molecule has 2 aromatic carbocycles. The highest BCUT2D eigenvalue weighted by molar-refractivity contribution is 5.65. The lowest BCUT2D eigenvalue weighted by atomic mass is 10.1. The molecule has 1 atom stereocenters. The first kappa shape index (κ1) is 28.2. The minimum absolute atomic E-state index is 0.0592. The topological polar surface area (TPSA) is 27.7 Å². The number of benzene rings is 2. The van der Waals surface area contributed by atoms with Crippen molar-refractivity contribution >= 4 is 0 Å². The lowest BCUT2D eigenvalue weighted by Crippen LogP contribution is -2.18. The molecule has 0 heterocycles. The maximum atomic E-state index is 14.6. The molecule has 34 heavy (non-hydrogen) atoms. The van der Waals surface area contributed by atoms with Crippen LogP contribution >= 0.6 is 0 Å². The molecule has 0 bridgehead atoms. The quantitative estimate of drug-likeness (QED) is 0.191. The van der Waals surface area contributed by atoms with Gasteiger partial charge in [0.25, 0.3) is 0 Å². The van der Waals surface area contributed by atoms with Crippen LogP contribution in [0.3, 0.4) is 0 Å². The Hall–Kier alpha value is -2.07. The van der Waals surface area contributed by atoms with E-state index in [0.29, 0.717) is 19.0 Å². The predicted molar refractivity (Wildman–Crippen MR) is 140 cm³/mol. The van der Waals surface area contributed by atoms with E-state index in [1.165, 1.54) is 51.4 Å². The Morgan fingerprint density at radius 1 is 0.676 bits per heavy atom. The number of hydrogen-bond donors (Lipinski definition) is 0. The first-order valence-corrected chi connectivity index (χ1v) is 13.4. The summed E-state index contributed by atoms with van der Waals surface area (Å²) in [7, 11) is 0. The summed E-state index contributed by atoms with van der Waals surface area (Å²) in [5.74, 6) is 0.810. The molecule has 0 amide bonds. The highest BCUT2D eigenvalue weighted by Gasteiger charge is 2.08. The van der Waals surface area contributed by atoms with Crippen LogP contribution in [-0.2, 0) is 4.74 Å². The molecule has 0 saturated heterocycles. The van der Waals surface area contributed by atoms with Gasteiger partial charge in [-0.3, -0.25) is 0 Å². The lowest BCUT2D eigenvalue weighted by molar-refractivity contribution is 0.0304. The zero-order chi connectivity index (χ0) is 24.4. The molecule has 0 aliphatic heterocycles. The van der Waals surface area contributed by atoms with Crippen LogP contribution in [0.25, 0.3) is 11.1 Å². The van der Waals surface area contributed by atoms with E-state index in [9.17, 15) is 4.39 Å². The third kappa shape index (κ3) is 11.4. The van der Waals surface area contributed by atoms with Crippen molar-refractivity contribution in [3.63, 3.8) is 0 Å². The van der Waals surface area contributed by atoms with Crippen molar-refractivity contribution in [3.8, 4) is 22.6 Å². The normalized spacial score (nSPS) is 12.0. The second-order valence-corrected chi connectivity index (χ2v) is 9.19. The Labute approximate surface area is 207 Å². The predicted octanol–water partition coefficient (Wildman–Crippen LogP) is 8.99. The van der Waals surface area contributed by atoms with Crippen LogP contribution in [0.4, 0.5) is 4.39 Å². The molecule has 0 N–H and O–H groups in total. The van der Waals surface area contributed by atoms with E-state index in [4.69, 9.17) is 14.2 Å². The van der Waals surface area contributed by atoms with Gasteiger partial charge in [0, 0.05) is 6.61 Å². The lowest BCUT2D eigenvalue weighted by Gasteiger charge is -2.14. The van der Waals surface area contributed by atoms with Gasteiger partial charge in [-0.15, -0.1) is 0 Å². The summed E-state index contributed by atoms with van der Waals surface area (Å²) in [5.41, 5.74) is 1.78. The van der Waals surface area contributed by atoms with Crippen molar-refractivity contribution in [1.29, 1.82) is 0 Å². The largest absolute Gasteiger partial charge is 0.491 e. The fraction of sp³-hybridized carbons (Fsp3) is 0.600. The zero-order valence-corrected chi connectivity index (χ0v) is 21.6. The van der Waals surface area contributed by atoms with Crippen LogP contribution in [-0.4, -0.2) is 25.9 Å². The minimum Gasteiger partial charge on any atom is -0.491 e. The molecule has 0 radical (unpaired) electrons. The summed E-state index contributed by atoms with van der Waals surface area (Å²) in [6.07, 6.45) is 13.5. The molecule has 0 spiro atoms. The fourth-order valence-electron chi connectivity index (χ4n) is 3.86. The third-order valence-electron chi connectivity index (χ3n) is 6.01. The van der Waals surface area contributed by atoms with Gasteiger partial charge >= 0.3 is 0 Å². The van der Waals surface area contributed by atoms with E-state index in [0.717, 1.165) is 42.7 Å². The Morgan fingerprint density at radius 2 is 1.26 bits per heavy atom. The van der Waals surface area contributed by atoms with E-state index in [1.54, 1.807) is 12.1 Å². The van der Waals surface area contributed by atoms with Crippen molar-refractivity contribution < 1.29 is 18.6 Å². The smallest absolute Gasteiger partial charge is 0.165 e. The van der Waals surface area contributed by atoms with Crippen LogP contribution in [0.2, 0.25) is 0 Å². The van der Waals surface area contributed by atoms with Gasteiger partial charge in [0.1, 0.15) is 12.4 Å². The summed E-state index contributed by atoms with van der Waals surface area (Å²) in [6.45, 7) is 8.32. The van der Waals surface area contributed by atoms with Gasteiger partial charge in [0.2, 0.25) is 0 Å². The Balaban J connectivity index is 1.71. The Kier molecular flexibility index (Phi) is 14.4. The second kappa shape index (κ2) is 17.4. The van der Waals surface area contributed by atoms with E-state index < -0.39 is 0 Å². The van der Waals surface area contributed by atoms with E-state index in [-0.39, 0.29) is 11.9 Å². The van der Waals surface area contributed by atoms with Gasteiger partial charge < -0.3 is 14.2 Å². The molecule has 2 aromatic rings. The standard InChI is InChI=1S/C30H45FO3/c1-4-6-8-9-10-11-12-14-22-33-30-20-17-27(23-29(30)31)26-15-18-28(19-16-26)34-24-25(3)32-21-13-7-5-2/h15-20,23,25H,4-14,21-22,24H2,1-3H3. The monoisotopic (exact) mass is 472 g/mol. The average molecular weight is 473 g/mol. The number of ether oxygens (including phenoxy) is 3. The second-order valence-electron chi connectivity index (χ2n) is 9.19. The molecule has 2 rings (SSSR count). The fourth-order valence-corrected chi connectivity index (χ4v) is 3.86. The Bertz CT molecular complexity index is 775. The van der Waals surface area contributed by atoms with E-state index in [2.05, 4.69) is 13.8 Å². The van der Waals surface area contributed by atoms with E-state index >= 15 is 0 Å².